The number of carbonyl (C=O) groups excluding carboxylic acids is 3. The molecular weight excluding hydrogens is 418 g/mol. The lowest BCUT2D eigenvalue weighted by molar-refractivity contribution is -0.126. The number of nitrogens with one attached hydrogen (secondary N) is 3. The van der Waals surface area contributed by atoms with Gasteiger partial charge in [-0.3, -0.25) is 30.0 Å². The minimum atomic E-state index is -0.692. The molecule has 11 heteroatoms. The molecule has 0 bridgehead atoms. The number of aromatic amines is 1. The maximum Gasteiger partial charge on any atom is 0.290 e. The lowest BCUT2D eigenvalue weighted by atomic mass is 10.1. The molecule has 3 N–H and O–H groups in total. The van der Waals surface area contributed by atoms with Crippen molar-refractivity contribution in [3.63, 3.8) is 0 Å². The van der Waals surface area contributed by atoms with Crippen LogP contribution in [-0.4, -0.2) is 41.3 Å². The maximum atomic E-state index is 12.6. The van der Waals surface area contributed by atoms with Crippen molar-refractivity contribution in [2.24, 2.45) is 5.92 Å². The first kappa shape index (κ1) is 19.5. The van der Waals surface area contributed by atoms with Gasteiger partial charge in [-0.05, 0) is 18.2 Å². The minimum Gasteiger partial charge on any atom is -0.454 e. The average Bonchev–Trinajstić information content (AvgIpc) is 3.43. The van der Waals surface area contributed by atoms with Crippen molar-refractivity contribution >= 4 is 34.2 Å². The first-order valence-electron chi connectivity index (χ1n) is 9.79. The smallest absolute Gasteiger partial charge is 0.290 e. The van der Waals surface area contributed by atoms with E-state index in [0.29, 0.717) is 28.0 Å². The van der Waals surface area contributed by atoms with Crippen LogP contribution in [0.3, 0.4) is 0 Å². The van der Waals surface area contributed by atoms with Crippen molar-refractivity contribution in [3.8, 4) is 11.5 Å². The van der Waals surface area contributed by atoms with Crippen molar-refractivity contribution in [1.29, 1.82) is 0 Å². The van der Waals surface area contributed by atoms with Crippen molar-refractivity contribution < 1.29 is 23.9 Å². The molecule has 1 aromatic heterocycles. The van der Waals surface area contributed by atoms with Crippen LogP contribution in [0.2, 0.25) is 0 Å². The second kappa shape index (κ2) is 7.69. The highest BCUT2D eigenvalue weighted by atomic mass is 16.7. The van der Waals surface area contributed by atoms with E-state index in [0.717, 1.165) is 0 Å². The summed E-state index contributed by atoms with van der Waals surface area (Å²) in [6, 6.07) is 11.6. The molecule has 2 aromatic carbocycles. The van der Waals surface area contributed by atoms with Gasteiger partial charge in [-0.15, -0.1) is 0 Å². The lowest BCUT2D eigenvalue weighted by Gasteiger charge is -2.17. The van der Waals surface area contributed by atoms with E-state index in [-0.39, 0.29) is 31.4 Å². The molecule has 1 fully saturated rings. The molecule has 1 saturated heterocycles. The number of ether oxygens (including phenoxy) is 2. The zero-order chi connectivity index (χ0) is 22.2. The Morgan fingerprint density at radius 3 is 2.66 bits per heavy atom. The second-order valence-electron chi connectivity index (χ2n) is 7.33. The Hall–Kier alpha value is -4.41. The molecular formula is C21H17N5O6. The summed E-state index contributed by atoms with van der Waals surface area (Å²) in [6.07, 6.45) is -0.00399. The highest BCUT2D eigenvalue weighted by Crippen LogP contribution is 2.37. The van der Waals surface area contributed by atoms with E-state index in [4.69, 9.17) is 9.47 Å². The molecule has 2 aliphatic heterocycles. The normalized spacial score (nSPS) is 16.9. The van der Waals surface area contributed by atoms with E-state index in [1.54, 1.807) is 42.5 Å². The van der Waals surface area contributed by atoms with E-state index in [1.807, 2.05) is 0 Å². The predicted octanol–water partition coefficient (Wildman–Crippen LogP) is 0.466. The zero-order valence-corrected chi connectivity index (χ0v) is 16.6. The molecule has 1 atom stereocenters. The van der Waals surface area contributed by atoms with E-state index >= 15 is 0 Å². The number of carbonyl (C=O) groups is 3. The van der Waals surface area contributed by atoms with Gasteiger partial charge in [0.05, 0.1) is 11.3 Å². The van der Waals surface area contributed by atoms with E-state index in [9.17, 15) is 19.2 Å². The van der Waals surface area contributed by atoms with Gasteiger partial charge in [0.25, 0.3) is 11.5 Å². The van der Waals surface area contributed by atoms with Crippen LogP contribution in [0, 0.1) is 5.92 Å². The van der Waals surface area contributed by atoms with Crippen molar-refractivity contribution in [2.45, 2.75) is 6.42 Å². The summed E-state index contributed by atoms with van der Waals surface area (Å²) >= 11 is 0. The number of aromatic nitrogens is 2. The number of benzene rings is 2. The number of hydrogen-bond donors (Lipinski definition) is 3. The van der Waals surface area contributed by atoms with Gasteiger partial charge in [0, 0.05) is 30.1 Å². The minimum absolute atomic E-state index is 0.00399. The SMILES string of the molecule is O=C(NNC(=O)C1CC(=O)N(c2ccc3c(c2)OCO3)C1)c1n[nH]c(=O)c2ccccc12. The number of anilines is 1. The first-order chi connectivity index (χ1) is 15.5. The summed E-state index contributed by atoms with van der Waals surface area (Å²) in [4.78, 5) is 50.9. The quantitative estimate of drug-likeness (QED) is 0.508. The molecule has 5 rings (SSSR count). The Bertz CT molecular complexity index is 1320. The third-order valence-electron chi connectivity index (χ3n) is 5.37. The van der Waals surface area contributed by atoms with Crippen LogP contribution in [0.25, 0.3) is 10.8 Å². The first-order valence-corrected chi connectivity index (χ1v) is 9.79. The molecule has 3 aromatic rings. The summed E-state index contributed by atoms with van der Waals surface area (Å²) in [7, 11) is 0. The standard InChI is InChI=1S/C21H17N5O6/c27-17-7-11(9-26(17)12-5-6-15-16(8-12)32-10-31-15)19(28)23-25-21(30)18-13-3-1-2-4-14(13)20(29)24-22-18/h1-6,8,11H,7,9-10H2,(H,23,28)(H,24,29)(H,25,30). The fourth-order valence-electron chi connectivity index (χ4n) is 3.75. The molecule has 0 saturated carbocycles. The van der Waals surface area contributed by atoms with Crippen LogP contribution in [0.4, 0.5) is 5.69 Å². The maximum absolute atomic E-state index is 12.6. The Balaban J connectivity index is 1.25. The van der Waals surface area contributed by atoms with Gasteiger partial charge in [0.2, 0.25) is 18.6 Å². The van der Waals surface area contributed by atoms with E-state index in [1.165, 1.54) is 4.90 Å². The number of H-pyrrole nitrogens is 1. The van der Waals surface area contributed by atoms with Crippen LogP contribution >= 0.6 is 0 Å². The molecule has 0 aliphatic carbocycles. The highest BCUT2D eigenvalue weighted by Gasteiger charge is 2.36. The number of nitrogens with zero attached hydrogens (tertiary/aromatic N) is 2. The van der Waals surface area contributed by atoms with Gasteiger partial charge in [-0.25, -0.2) is 5.10 Å². The van der Waals surface area contributed by atoms with Gasteiger partial charge in [0.15, 0.2) is 17.2 Å². The topological polar surface area (TPSA) is 143 Å². The molecule has 2 aliphatic rings. The second-order valence-corrected chi connectivity index (χ2v) is 7.33. The van der Waals surface area contributed by atoms with Crippen LogP contribution in [0.1, 0.15) is 16.9 Å². The number of hydrazine groups is 1. The van der Waals surface area contributed by atoms with Gasteiger partial charge >= 0.3 is 0 Å². The summed E-state index contributed by atoms with van der Waals surface area (Å²) in [6.45, 7) is 0.275. The fourth-order valence-corrected chi connectivity index (χ4v) is 3.75. The average molecular weight is 435 g/mol. The van der Waals surface area contributed by atoms with Gasteiger partial charge in [-0.1, -0.05) is 18.2 Å². The molecule has 3 amide bonds. The molecule has 0 radical (unpaired) electrons. The fraction of sp³-hybridized carbons (Fsp3) is 0.190. The number of fused-ring (bicyclic) bond motifs is 2. The molecule has 11 nitrogen and oxygen atoms in total. The van der Waals surface area contributed by atoms with Gasteiger partial charge in [-0.2, -0.15) is 5.10 Å². The summed E-state index contributed by atoms with van der Waals surface area (Å²) in [5.41, 5.74) is 4.78. The van der Waals surface area contributed by atoms with Crippen LogP contribution in [0.5, 0.6) is 11.5 Å². The predicted molar refractivity (Wildman–Crippen MR) is 111 cm³/mol. The summed E-state index contributed by atoms with van der Waals surface area (Å²) < 4.78 is 10.6. The monoisotopic (exact) mass is 435 g/mol. The van der Waals surface area contributed by atoms with Crippen LogP contribution in [0.15, 0.2) is 47.3 Å². The summed E-state index contributed by atoms with van der Waals surface area (Å²) in [5.74, 6) is -0.944. The number of rotatable bonds is 3. The van der Waals surface area contributed by atoms with Gasteiger partial charge in [0.1, 0.15) is 0 Å². The molecule has 1 unspecified atom stereocenters. The Labute approximate surface area is 180 Å². The molecule has 0 spiro atoms. The Morgan fingerprint density at radius 2 is 1.81 bits per heavy atom. The molecule has 3 heterocycles. The number of amides is 3. The lowest BCUT2D eigenvalue weighted by Crippen LogP contribution is -2.45. The van der Waals surface area contributed by atoms with Crippen molar-refractivity contribution in [1.82, 2.24) is 21.0 Å². The summed E-state index contributed by atoms with van der Waals surface area (Å²) in [5, 5.41) is 6.71. The number of hydrogen-bond acceptors (Lipinski definition) is 7. The Kier molecular flexibility index (Phi) is 4.70. The highest BCUT2D eigenvalue weighted by molar-refractivity contribution is 6.05. The third kappa shape index (κ3) is 3.39. The van der Waals surface area contributed by atoms with Crippen LogP contribution < -0.4 is 30.8 Å². The van der Waals surface area contributed by atoms with Crippen molar-refractivity contribution in [3.05, 3.63) is 58.5 Å². The third-order valence-corrected chi connectivity index (χ3v) is 5.37. The van der Waals surface area contributed by atoms with E-state index < -0.39 is 23.3 Å². The van der Waals surface area contributed by atoms with Gasteiger partial charge < -0.3 is 14.4 Å². The van der Waals surface area contributed by atoms with Crippen molar-refractivity contribution in [2.75, 3.05) is 18.2 Å². The van der Waals surface area contributed by atoms with E-state index in [2.05, 4.69) is 21.0 Å². The molecule has 162 valence electrons. The van der Waals surface area contributed by atoms with Crippen LogP contribution in [-0.2, 0) is 9.59 Å². The zero-order valence-electron chi connectivity index (χ0n) is 16.6. The molecule has 32 heavy (non-hydrogen) atoms. The Morgan fingerprint density at radius 1 is 1.03 bits per heavy atom. The largest absolute Gasteiger partial charge is 0.454 e.